The molecule has 0 aliphatic rings. The van der Waals surface area contributed by atoms with Crippen LogP contribution in [0.1, 0.15) is 43.7 Å². The van der Waals surface area contributed by atoms with Gasteiger partial charge in [0, 0.05) is 12.8 Å². The Morgan fingerprint density at radius 3 is 2.46 bits per heavy atom. The van der Waals surface area contributed by atoms with Gasteiger partial charge in [0.25, 0.3) is 0 Å². The van der Waals surface area contributed by atoms with Crippen molar-refractivity contribution in [3.05, 3.63) is 63.6 Å². The van der Waals surface area contributed by atoms with Gasteiger partial charge in [0.1, 0.15) is 12.4 Å². The molecule has 2 aromatic carbocycles. The summed E-state index contributed by atoms with van der Waals surface area (Å²) in [6.45, 7) is 3.58. The summed E-state index contributed by atoms with van der Waals surface area (Å²) in [7, 11) is 0. The van der Waals surface area contributed by atoms with Crippen LogP contribution < -0.4 is 4.74 Å². The highest BCUT2D eigenvalue weighted by atomic mass is 35.5. The predicted molar refractivity (Wildman–Crippen MR) is 104 cm³/mol. The van der Waals surface area contributed by atoms with Gasteiger partial charge in [-0.2, -0.15) is 0 Å². The van der Waals surface area contributed by atoms with Gasteiger partial charge in [0.05, 0.1) is 10.0 Å². The van der Waals surface area contributed by atoms with Crippen molar-refractivity contribution in [2.75, 3.05) is 6.54 Å². The van der Waals surface area contributed by atoms with Crippen LogP contribution in [0.3, 0.4) is 0 Å². The summed E-state index contributed by atoms with van der Waals surface area (Å²) < 4.78 is 5.77. The van der Waals surface area contributed by atoms with Gasteiger partial charge in [0.2, 0.25) is 0 Å². The van der Waals surface area contributed by atoms with E-state index in [9.17, 15) is 0 Å². The van der Waals surface area contributed by atoms with Crippen LogP contribution in [0.4, 0.5) is 0 Å². The minimum Gasteiger partial charge on any atom is -0.489 e. The summed E-state index contributed by atoms with van der Waals surface area (Å²) in [5, 5.41) is 1.10. The lowest BCUT2D eigenvalue weighted by molar-refractivity contribution is 0.306. The Bertz CT molecular complexity index is 653. The number of nitrogens with zero attached hydrogens (tertiary/aromatic N) is 1. The third-order valence-corrected chi connectivity index (χ3v) is 4.39. The second-order valence-electron chi connectivity index (χ2n) is 5.70. The Balaban J connectivity index is 1.79. The molecule has 0 saturated carbocycles. The lowest BCUT2D eigenvalue weighted by Gasteiger charge is -2.07. The van der Waals surface area contributed by atoms with Crippen molar-refractivity contribution >= 4 is 29.4 Å². The minimum absolute atomic E-state index is 0.460. The molecule has 0 radical (unpaired) electrons. The topological polar surface area (TPSA) is 21.6 Å². The monoisotopic (exact) mass is 363 g/mol. The average molecular weight is 364 g/mol. The molecule has 0 saturated heterocycles. The Morgan fingerprint density at radius 1 is 0.958 bits per heavy atom. The van der Waals surface area contributed by atoms with Crippen LogP contribution in [0.5, 0.6) is 5.75 Å². The molecule has 0 unspecified atom stereocenters. The highest BCUT2D eigenvalue weighted by molar-refractivity contribution is 6.42. The summed E-state index contributed by atoms with van der Waals surface area (Å²) >= 11 is 11.9. The standard InChI is InChI=1S/C20H23Cl2NO/c1-2-3-4-5-12-23-14-16-6-9-18(10-7-16)24-15-17-8-11-19(21)20(22)13-17/h6-11,13-14H,2-5,12,15H2,1H3/b23-14+. The second kappa shape index (κ2) is 10.4. The number of rotatable bonds is 9. The Hall–Kier alpha value is -1.51. The van der Waals surface area contributed by atoms with Gasteiger partial charge in [-0.15, -0.1) is 0 Å². The number of benzene rings is 2. The van der Waals surface area contributed by atoms with Crippen molar-refractivity contribution in [3.8, 4) is 5.75 Å². The first-order chi connectivity index (χ1) is 11.7. The zero-order chi connectivity index (χ0) is 17.2. The van der Waals surface area contributed by atoms with Crippen molar-refractivity contribution < 1.29 is 4.74 Å². The van der Waals surface area contributed by atoms with Gasteiger partial charge in [0.15, 0.2) is 0 Å². The third kappa shape index (κ3) is 6.54. The molecule has 0 fully saturated rings. The number of ether oxygens (including phenoxy) is 1. The van der Waals surface area contributed by atoms with Gasteiger partial charge in [-0.1, -0.05) is 55.5 Å². The van der Waals surface area contributed by atoms with E-state index in [0.29, 0.717) is 16.7 Å². The number of halogens is 2. The number of hydrogen-bond acceptors (Lipinski definition) is 2. The van der Waals surface area contributed by atoms with E-state index in [1.165, 1.54) is 19.3 Å². The zero-order valence-corrected chi connectivity index (χ0v) is 15.5. The van der Waals surface area contributed by atoms with E-state index >= 15 is 0 Å². The van der Waals surface area contributed by atoms with Gasteiger partial charge < -0.3 is 4.74 Å². The molecule has 0 aromatic heterocycles. The quantitative estimate of drug-likeness (QED) is 0.364. The first-order valence-corrected chi connectivity index (χ1v) is 9.11. The fourth-order valence-electron chi connectivity index (χ4n) is 2.25. The molecule has 2 nitrogen and oxygen atoms in total. The van der Waals surface area contributed by atoms with Crippen LogP contribution in [0.25, 0.3) is 0 Å². The summed E-state index contributed by atoms with van der Waals surface area (Å²) in [5.74, 6) is 0.821. The highest BCUT2D eigenvalue weighted by Crippen LogP contribution is 2.23. The number of hydrogen-bond donors (Lipinski definition) is 0. The minimum atomic E-state index is 0.460. The largest absolute Gasteiger partial charge is 0.489 e. The molecule has 0 bridgehead atoms. The van der Waals surface area contributed by atoms with Crippen molar-refractivity contribution in [3.63, 3.8) is 0 Å². The highest BCUT2D eigenvalue weighted by Gasteiger charge is 2.01. The average Bonchev–Trinajstić information content (AvgIpc) is 2.60. The van der Waals surface area contributed by atoms with E-state index in [1.54, 1.807) is 6.07 Å². The van der Waals surface area contributed by atoms with Crippen molar-refractivity contribution in [1.82, 2.24) is 0 Å². The molecule has 0 N–H and O–H groups in total. The van der Waals surface area contributed by atoms with E-state index < -0.39 is 0 Å². The Kier molecular flexibility index (Phi) is 8.14. The molecule has 0 aliphatic heterocycles. The van der Waals surface area contributed by atoms with E-state index in [1.807, 2.05) is 42.6 Å². The number of unbranched alkanes of at least 4 members (excludes halogenated alkanes) is 3. The lowest BCUT2D eigenvalue weighted by atomic mass is 10.2. The predicted octanol–water partition coefficient (Wildman–Crippen LogP) is 6.57. The molecular formula is C20H23Cl2NO. The van der Waals surface area contributed by atoms with Gasteiger partial charge in [-0.25, -0.2) is 0 Å². The molecule has 24 heavy (non-hydrogen) atoms. The van der Waals surface area contributed by atoms with E-state index in [2.05, 4.69) is 11.9 Å². The summed E-state index contributed by atoms with van der Waals surface area (Å²) in [4.78, 5) is 4.46. The molecule has 0 amide bonds. The SMILES string of the molecule is CCCCCC/N=C/c1ccc(OCc2ccc(Cl)c(Cl)c2)cc1. The number of aliphatic imine (C=N–C) groups is 1. The fourth-order valence-corrected chi connectivity index (χ4v) is 2.57. The molecule has 2 aromatic rings. The van der Waals surface area contributed by atoms with Crippen molar-refractivity contribution in [1.29, 1.82) is 0 Å². The molecule has 0 heterocycles. The maximum Gasteiger partial charge on any atom is 0.119 e. The van der Waals surface area contributed by atoms with Crippen molar-refractivity contribution in [2.45, 2.75) is 39.2 Å². The maximum atomic E-state index is 6.00. The van der Waals surface area contributed by atoms with Gasteiger partial charge >= 0.3 is 0 Å². The van der Waals surface area contributed by atoms with Crippen LogP contribution >= 0.6 is 23.2 Å². The molecule has 128 valence electrons. The van der Waals surface area contributed by atoms with E-state index in [4.69, 9.17) is 27.9 Å². The molecule has 4 heteroatoms. The second-order valence-corrected chi connectivity index (χ2v) is 6.52. The van der Waals surface area contributed by atoms with Crippen LogP contribution in [0, 0.1) is 0 Å². The molecule has 0 aliphatic carbocycles. The van der Waals surface area contributed by atoms with Crippen LogP contribution in [-0.2, 0) is 6.61 Å². The lowest BCUT2D eigenvalue weighted by Crippen LogP contribution is -1.95. The van der Waals surface area contributed by atoms with Crippen LogP contribution in [0.15, 0.2) is 47.5 Å². The maximum absolute atomic E-state index is 6.00. The summed E-state index contributed by atoms with van der Waals surface area (Å²) in [6.07, 6.45) is 6.90. The fraction of sp³-hybridized carbons (Fsp3) is 0.350. The van der Waals surface area contributed by atoms with Crippen LogP contribution in [0.2, 0.25) is 10.0 Å². The van der Waals surface area contributed by atoms with Gasteiger partial charge in [-0.05, 0) is 53.9 Å². The summed E-state index contributed by atoms with van der Waals surface area (Å²) in [5.41, 5.74) is 2.08. The van der Waals surface area contributed by atoms with Gasteiger partial charge in [-0.3, -0.25) is 4.99 Å². The summed E-state index contributed by atoms with van der Waals surface area (Å²) in [6, 6.07) is 13.4. The van der Waals surface area contributed by atoms with Crippen LogP contribution in [-0.4, -0.2) is 12.8 Å². The molecule has 0 atom stereocenters. The smallest absolute Gasteiger partial charge is 0.119 e. The normalized spacial score (nSPS) is 11.1. The first-order valence-electron chi connectivity index (χ1n) is 8.35. The third-order valence-electron chi connectivity index (χ3n) is 3.65. The Labute approximate surface area is 154 Å². The van der Waals surface area contributed by atoms with E-state index in [-0.39, 0.29) is 0 Å². The molecular weight excluding hydrogens is 341 g/mol. The Morgan fingerprint density at radius 2 is 1.75 bits per heavy atom. The van der Waals surface area contributed by atoms with Crippen molar-refractivity contribution in [2.24, 2.45) is 4.99 Å². The zero-order valence-electron chi connectivity index (χ0n) is 14.0. The molecule has 2 rings (SSSR count). The molecule has 0 spiro atoms. The first kappa shape index (κ1) is 18.8. The van der Waals surface area contributed by atoms with E-state index in [0.717, 1.165) is 29.8 Å².